The van der Waals surface area contributed by atoms with E-state index in [1.165, 1.54) is 28.7 Å². The smallest absolute Gasteiger partial charge is 0.270 e. The molecule has 0 bridgehead atoms. The van der Waals surface area contributed by atoms with E-state index in [9.17, 15) is 15.4 Å². The number of quaternary nitrogens is 1. The number of nitrogens with one attached hydrogen (secondary N) is 1. The van der Waals surface area contributed by atoms with E-state index >= 15 is 0 Å². The lowest BCUT2D eigenvalue weighted by molar-refractivity contribution is -0.917. The van der Waals surface area contributed by atoms with E-state index in [0.717, 1.165) is 49.9 Å². The SMILES string of the molecule is N#C/C=C(\c1cccc([N+](=O)[O-])c1)N1CC[NH+](Cc2ccc3c(c2)OCO3)CC1. The van der Waals surface area contributed by atoms with Crippen LogP contribution < -0.4 is 14.4 Å². The molecule has 8 heteroatoms. The van der Waals surface area contributed by atoms with Crippen LogP contribution >= 0.6 is 0 Å². The van der Waals surface area contributed by atoms with Gasteiger partial charge in [-0.1, -0.05) is 12.1 Å². The zero-order chi connectivity index (χ0) is 20.2. The Hall–Kier alpha value is -3.57. The lowest BCUT2D eigenvalue weighted by Crippen LogP contribution is -3.13. The number of allylic oxidation sites excluding steroid dienone is 1. The number of fused-ring (bicyclic) bond motifs is 1. The van der Waals surface area contributed by atoms with Gasteiger partial charge in [0.15, 0.2) is 11.5 Å². The number of rotatable bonds is 5. The second-order valence-electron chi connectivity index (χ2n) is 7.07. The largest absolute Gasteiger partial charge is 0.454 e. The zero-order valence-electron chi connectivity index (χ0n) is 15.8. The van der Waals surface area contributed by atoms with Gasteiger partial charge >= 0.3 is 0 Å². The molecule has 0 saturated carbocycles. The summed E-state index contributed by atoms with van der Waals surface area (Å²) >= 11 is 0. The fourth-order valence-electron chi connectivity index (χ4n) is 3.78. The fourth-order valence-corrected chi connectivity index (χ4v) is 3.78. The fraction of sp³-hybridized carbons (Fsp3) is 0.286. The molecule has 0 atom stereocenters. The van der Waals surface area contributed by atoms with E-state index < -0.39 is 4.92 Å². The highest BCUT2D eigenvalue weighted by Crippen LogP contribution is 2.32. The Morgan fingerprint density at radius 3 is 2.76 bits per heavy atom. The first-order valence-electron chi connectivity index (χ1n) is 9.45. The van der Waals surface area contributed by atoms with Crippen LogP contribution in [-0.4, -0.2) is 42.8 Å². The Morgan fingerprint density at radius 1 is 1.21 bits per heavy atom. The van der Waals surface area contributed by atoms with Gasteiger partial charge in [-0.05, 0) is 18.2 Å². The Labute approximate surface area is 168 Å². The van der Waals surface area contributed by atoms with E-state index in [1.807, 2.05) is 18.2 Å². The van der Waals surface area contributed by atoms with Gasteiger partial charge in [0.25, 0.3) is 5.69 Å². The Bertz CT molecular complexity index is 990. The van der Waals surface area contributed by atoms with Crippen LogP contribution in [-0.2, 0) is 6.54 Å². The van der Waals surface area contributed by atoms with Crippen molar-refractivity contribution in [1.29, 1.82) is 5.26 Å². The Kier molecular flexibility index (Phi) is 5.31. The number of nitriles is 1. The van der Waals surface area contributed by atoms with Crippen molar-refractivity contribution in [3.8, 4) is 17.6 Å². The molecule has 0 amide bonds. The Morgan fingerprint density at radius 2 is 2.00 bits per heavy atom. The van der Waals surface area contributed by atoms with Crippen molar-refractivity contribution in [1.82, 2.24) is 4.90 Å². The van der Waals surface area contributed by atoms with Gasteiger partial charge in [-0.15, -0.1) is 0 Å². The van der Waals surface area contributed by atoms with Crippen LogP contribution in [0, 0.1) is 21.4 Å². The normalized spacial score (nSPS) is 16.5. The molecule has 1 saturated heterocycles. The van der Waals surface area contributed by atoms with E-state index in [4.69, 9.17) is 9.47 Å². The summed E-state index contributed by atoms with van der Waals surface area (Å²) in [5.74, 6) is 1.59. The number of hydrogen-bond donors (Lipinski definition) is 1. The third-order valence-corrected chi connectivity index (χ3v) is 5.26. The second kappa shape index (κ2) is 8.20. The standard InChI is InChI=1S/C21H20N4O4/c22-7-6-19(17-2-1-3-18(13-17)25(26)27)24-10-8-23(9-11-24)14-16-4-5-20-21(12-16)29-15-28-20/h1-6,12-13H,8-11,14-15H2/p+1/b19-6+. The summed E-state index contributed by atoms with van der Waals surface area (Å²) in [4.78, 5) is 14.2. The molecule has 2 aliphatic heterocycles. The molecule has 148 valence electrons. The summed E-state index contributed by atoms with van der Waals surface area (Å²) in [6.07, 6.45) is 1.47. The molecule has 2 aromatic carbocycles. The molecule has 2 heterocycles. The second-order valence-corrected chi connectivity index (χ2v) is 7.07. The van der Waals surface area contributed by atoms with Crippen molar-refractivity contribution in [3.05, 3.63) is 69.8 Å². The van der Waals surface area contributed by atoms with Crippen LogP contribution in [0.3, 0.4) is 0 Å². The zero-order valence-corrected chi connectivity index (χ0v) is 15.8. The molecule has 0 aliphatic carbocycles. The van der Waals surface area contributed by atoms with Gasteiger partial charge in [-0.25, -0.2) is 0 Å². The molecule has 8 nitrogen and oxygen atoms in total. The van der Waals surface area contributed by atoms with Gasteiger partial charge < -0.3 is 19.3 Å². The number of ether oxygens (including phenoxy) is 2. The van der Waals surface area contributed by atoms with Gasteiger partial charge in [-0.3, -0.25) is 10.1 Å². The van der Waals surface area contributed by atoms with E-state index in [2.05, 4.69) is 17.0 Å². The molecule has 4 rings (SSSR count). The molecule has 0 radical (unpaired) electrons. The van der Waals surface area contributed by atoms with Crippen molar-refractivity contribution in [2.45, 2.75) is 6.54 Å². The molecule has 1 N–H and O–H groups in total. The van der Waals surface area contributed by atoms with E-state index in [1.54, 1.807) is 6.07 Å². The van der Waals surface area contributed by atoms with E-state index in [-0.39, 0.29) is 12.5 Å². The van der Waals surface area contributed by atoms with Crippen molar-refractivity contribution < 1.29 is 19.3 Å². The van der Waals surface area contributed by atoms with Crippen LogP contribution in [0.25, 0.3) is 5.70 Å². The number of nitrogens with zero attached hydrogens (tertiary/aromatic N) is 3. The minimum Gasteiger partial charge on any atom is -0.454 e. The lowest BCUT2D eigenvalue weighted by Gasteiger charge is -2.35. The van der Waals surface area contributed by atoms with Crippen LogP contribution in [0.2, 0.25) is 0 Å². The average molecular weight is 393 g/mol. The first-order valence-corrected chi connectivity index (χ1v) is 9.45. The average Bonchev–Trinajstić information content (AvgIpc) is 3.21. The van der Waals surface area contributed by atoms with Crippen LogP contribution in [0.4, 0.5) is 5.69 Å². The highest BCUT2D eigenvalue weighted by molar-refractivity contribution is 5.68. The predicted octanol–water partition coefficient (Wildman–Crippen LogP) is 1.59. The molecule has 0 unspecified atom stereocenters. The molecule has 0 aromatic heterocycles. The van der Waals surface area contributed by atoms with E-state index in [0.29, 0.717) is 5.56 Å². The van der Waals surface area contributed by atoms with Crippen LogP contribution in [0.15, 0.2) is 48.5 Å². The molecular weight excluding hydrogens is 372 g/mol. The summed E-state index contributed by atoms with van der Waals surface area (Å²) in [6, 6.07) is 14.6. The first kappa shape index (κ1) is 18.8. The maximum Gasteiger partial charge on any atom is 0.270 e. The number of nitro groups is 1. The number of hydrogen-bond acceptors (Lipinski definition) is 6. The summed E-state index contributed by atoms with van der Waals surface area (Å²) in [7, 11) is 0. The molecule has 29 heavy (non-hydrogen) atoms. The topological polar surface area (TPSA) is 93.1 Å². The van der Waals surface area contributed by atoms with Crippen LogP contribution in [0.5, 0.6) is 11.5 Å². The lowest BCUT2D eigenvalue weighted by atomic mass is 10.1. The van der Waals surface area contributed by atoms with Gasteiger partial charge in [0.1, 0.15) is 6.54 Å². The molecule has 2 aliphatic rings. The highest BCUT2D eigenvalue weighted by Gasteiger charge is 2.24. The van der Waals surface area contributed by atoms with Gasteiger partial charge in [0, 0.05) is 29.3 Å². The number of nitro benzene ring substituents is 1. The quantitative estimate of drug-likeness (QED) is 0.471. The van der Waals surface area contributed by atoms with Gasteiger partial charge in [-0.2, -0.15) is 5.26 Å². The van der Waals surface area contributed by atoms with Gasteiger partial charge in [0.2, 0.25) is 6.79 Å². The molecular formula is C21H21N4O4+. The summed E-state index contributed by atoms with van der Waals surface area (Å²) in [6.45, 7) is 4.53. The maximum atomic E-state index is 11.1. The minimum absolute atomic E-state index is 0.0263. The molecule has 1 fully saturated rings. The summed E-state index contributed by atoms with van der Waals surface area (Å²) in [5, 5.41) is 20.3. The van der Waals surface area contributed by atoms with Crippen molar-refractivity contribution in [2.24, 2.45) is 0 Å². The number of non-ortho nitro benzene ring substituents is 1. The monoisotopic (exact) mass is 393 g/mol. The van der Waals surface area contributed by atoms with Crippen molar-refractivity contribution in [3.63, 3.8) is 0 Å². The van der Waals surface area contributed by atoms with Crippen molar-refractivity contribution >= 4 is 11.4 Å². The summed E-state index contributed by atoms with van der Waals surface area (Å²) < 4.78 is 10.8. The highest BCUT2D eigenvalue weighted by atomic mass is 16.7. The first-order chi connectivity index (χ1) is 14.1. The van der Waals surface area contributed by atoms with Crippen LogP contribution in [0.1, 0.15) is 11.1 Å². The van der Waals surface area contributed by atoms with Gasteiger partial charge in [0.05, 0.1) is 42.9 Å². The molecule has 2 aromatic rings. The third kappa shape index (κ3) is 4.15. The minimum atomic E-state index is -0.416. The van der Waals surface area contributed by atoms with Crippen molar-refractivity contribution in [2.75, 3.05) is 33.0 Å². The number of piperazine rings is 1. The molecule has 0 spiro atoms. The summed E-state index contributed by atoms with van der Waals surface area (Å²) in [5.41, 5.74) is 2.65. The third-order valence-electron chi connectivity index (χ3n) is 5.26. The predicted molar refractivity (Wildman–Crippen MR) is 105 cm³/mol. The maximum absolute atomic E-state index is 11.1. The number of benzene rings is 2. The Balaban J connectivity index is 1.42.